The van der Waals surface area contributed by atoms with Crippen molar-refractivity contribution in [1.82, 2.24) is 10.6 Å². The summed E-state index contributed by atoms with van der Waals surface area (Å²) in [6, 6.07) is 14.0. The average molecular weight is 342 g/mol. The van der Waals surface area contributed by atoms with Crippen molar-refractivity contribution < 1.29 is 24.4 Å². The Morgan fingerprint density at radius 2 is 1.88 bits per heavy atom. The molecule has 3 amide bonds. The predicted molar refractivity (Wildman–Crippen MR) is 90.0 cm³/mol. The SMILES string of the molecule is CNC(=O)NC(=O)[C@H]([NH2+]Cc1ccc2c(c1)OCO2)c1ccccc1. The second-order valence-electron chi connectivity index (χ2n) is 5.58. The molecule has 0 saturated heterocycles. The monoisotopic (exact) mass is 342 g/mol. The van der Waals surface area contributed by atoms with Crippen LogP contribution in [0.2, 0.25) is 0 Å². The van der Waals surface area contributed by atoms with Gasteiger partial charge in [0.05, 0.1) is 0 Å². The summed E-state index contributed by atoms with van der Waals surface area (Å²) in [7, 11) is 1.47. The standard InChI is InChI=1S/C18H19N3O4/c1-19-18(23)21-17(22)16(13-5-3-2-4-6-13)20-10-12-7-8-14-15(9-12)25-11-24-14/h2-9,16,20H,10-11H2,1H3,(H2,19,21,22,23)/p+1/t16-/m1/s1. The van der Waals surface area contributed by atoms with E-state index in [9.17, 15) is 9.59 Å². The van der Waals surface area contributed by atoms with Gasteiger partial charge in [-0.25, -0.2) is 4.79 Å². The number of quaternary nitrogens is 1. The maximum absolute atomic E-state index is 12.5. The van der Waals surface area contributed by atoms with E-state index in [-0.39, 0.29) is 12.7 Å². The van der Waals surface area contributed by atoms with Crippen molar-refractivity contribution in [3.05, 3.63) is 59.7 Å². The molecule has 0 aliphatic carbocycles. The number of fused-ring (bicyclic) bond motifs is 1. The van der Waals surface area contributed by atoms with Crippen molar-refractivity contribution in [2.75, 3.05) is 13.8 Å². The highest BCUT2D eigenvalue weighted by atomic mass is 16.7. The highest BCUT2D eigenvalue weighted by molar-refractivity contribution is 5.96. The Bertz CT molecular complexity index is 764. The molecule has 0 bridgehead atoms. The molecule has 0 radical (unpaired) electrons. The smallest absolute Gasteiger partial charge is 0.321 e. The molecule has 0 saturated carbocycles. The summed E-state index contributed by atoms with van der Waals surface area (Å²) >= 11 is 0. The van der Waals surface area contributed by atoms with Crippen LogP contribution in [0.15, 0.2) is 48.5 Å². The number of carbonyl (C=O) groups excluding carboxylic acids is 2. The Labute approximate surface area is 145 Å². The van der Waals surface area contributed by atoms with E-state index >= 15 is 0 Å². The number of imide groups is 1. The van der Waals surface area contributed by atoms with Crippen LogP contribution in [0.1, 0.15) is 17.2 Å². The van der Waals surface area contributed by atoms with Crippen molar-refractivity contribution in [3.8, 4) is 11.5 Å². The number of hydrogen-bond donors (Lipinski definition) is 3. The summed E-state index contributed by atoms with van der Waals surface area (Å²) in [6.07, 6.45) is 0. The number of urea groups is 1. The first-order valence-electron chi connectivity index (χ1n) is 7.97. The third-order valence-corrected chi connectivity index (χ3v) is 3.93. The Balaban J connectivity index is 1.73. The quantitative estimate of drug-likeness (QED) is 0.745. The zero-order valence-corrected chi connectivity index (χ0v) is 13.8. The molecular weight excluding hydrogens is 322 g/mol. The van der Waals surface area contributed by atoms with Gasteiger partial charge in [0.2, 0.25) is 6.79 Å². The van der Waals surface area contributed by atoms with Gasteiger partial charge >= 0.3 is 6.03 Å². The van der Waals surface area contributed by atoms with Crippen LogP contribution in [0.25, 0.3) is 0 Å². The molecule has 0 aromatic heterocycles. The van der Waals surface area contributed by atoms with Crippen LogP contribution in [0.3, 0.4) is 0 Å². The van der Waals surface area contributed by atoms with Crippen molar-refractivity contribution in [2.24, 2.45) is 0 Å². The summed E-state index contributed by atoms with van der Waals surface area (Å²) in [6.45, 7) is 0.779. The minimum atomic E-state index is -0.538. The number of nitrogens with one attached hydrogen (secondary N) is 2. The molecule has 1 aliphatic rings. The Morgan fingerprint density at radius 1 is 1.12 bits per heavy atom. The molecule has 2 aromatic rings. The van der Waals surface area contributed by atoms with Crippen molar-refractivity contribution in [2.45, 2.75) is 12.6 Å². The topological polar surface area (TPSA) is 93.3 Å². The second-order valence-corrected chi connectivity index (χ2v) is 5.58. The fraction of sp³-hybridized carbons (Fsp3) is 0.222. The van der Waals surface area contributed by atoms with Crippen molar-refractivity contribution >= 4 is 11.9 Å². The number of carbonyl (C=O) groups is 2. The lowest BCUT2D eigenvalue weighted by Crippen LogP contribution is -2.86. The first-order chi connectivity index (χ1) is 12.2. The molecule has 25 heavy (non-hydrogen) atoms. The molecule has 7 nitrogen and oxygen atoms in total. The van der Waals surface area contributed by atoms with E-state index in [1.165, 1.54) is 7.05 Å². The lowest BCUT2D eigenvalue weighted by molar-refractivity contribution is -0.698. The highest BCUT2D eigenvalue weighted by Crippen LogP contribution is 2.32. The minimum absolute atomic E-state index is 0.226. The molecule has 2 aromatic carbocycles. The summed E-state index contributed by atoms with van der Waals surface area (Å²) < 4.78 is 10.7. The molecule has 3 rings (SSSR count). The van der Waals surface area contributed by atoms with E-state index in [0.29, 0.717) is 12.3 Å². The summed E-state index contributed by atoms with van der Waals surface area (Å²) in [5.74, 6) is 1.06. The summed E-state index contributed by atoms with van der Waals surface area (Å²) in [5, 5.41) is 6.61. The predicted octanol–water partition coefficient (Wildman–Crippen LogP) is 0.676. The fourth-order valence-electron chi connectivity index (χ4n) is 2.63. The van der Waals surface area contributed by atoms with E-state index in [2.05, 4.69) is 10.6 Å². The second kappa shape index (κ2) is 7.67. The number of benzene rings is 2. The van der Waals surface area contributed by atoms with Gasteiger partial charge in [-0.1, -0.05) is 30.3 Å². The first-order valence-corrected chi connectivity index (χ1v) is 7.97. The molecule has 0 fully saturated rings. The Hall–Kier alpha value is -3.06. The highest BCUT2D eigenvalue weighted by Gasteiger charge is 2.25. The minimum Gasteiger partial charge on any atom is -0.454 e. The van der Waals surface area contributed by atoms with E-state index in [1.807, 2.05) is 53.8 Å². The molecule has 7 heteroatoms. The fourth-order valence-corrected chi connectivity index (χ4v) is 2.63. The van der Waals surface area contributed by atoms with Gasteiger partial charge in [0.1, 0.15) is 6.54 Å². The van der Waals surface area contributed by atoms with E-state index in [1.54, 1.807) is 0 Å². The number of nitrogens with two attached hydrogens (primary N) is 1. The zero-order chi connectivity index (χ0) is 17.6. The van der Waals surface area contributed by atoms with Crippen LogP contribution in [0.5, 0.6) is 11.5 Å². The van der Waals surface area contributed by atoms with Crippen LogP contribution in [0.4, 0.5) is 4.79 Å². The summed E-state index contributed by atoms with van der Waals surface area (Å²) in [5.41, 5.74) is 1.82. The molecular formula is C18H20N3O4+. The van der Waals surface area contributed by atoms with Crippen LogP contribution < -0.4 is 25.4 Å². The van der Waals surface area contributed by atoms with Crippen molar-refractivity contribution in [3.63, 3.8) is 0 Å². The van der Waals surface area contributed by atoms with Gasteiger partial charge in [-0.15, -0.1) is 0 Å². The van der Waals surface area contributed by atoms with Gasteiger partial charge in [-0.2, -0.15) is 0 Å². The van der Waals surface area contributed by atoms with E-state index in [4.69, 9.17) is 9.47 Å². The molecule has 1 aliphatic heterocycles. The Morgan fingerprint density at radius 3 is 2.64 bits per heavy atom. The first kappa shape index (κ1) is 16.8. The van der Waals surface area contributed by atoms with Gasteiger partial charge in [-0.3, -0.25) is 10.1 Å². The number of hydrogen-bond acceptors (Lipinski definition) is 4. The molecule has 1 atom stereocenters. The number of ether oxygens (including phenoxy) is 2. The van der Waals surface area contributed by atoms with Gasteiger partial charge in [0.15, 0.2) is 17.5 Å². The number of amides is 3. The van der Waals surface area contributed by atoms with Crippen LogP contribution >= 0.6 is 0 Å². The zero-order valence-electron chi connectivity index (χ0n) is 13.8. The van der Waals surface area contributed by atoms with E-state index in [0.717, 1.165) is 16.9 Å². The molecule has 0 spiro atoms. The number of rotatable bonds is 5. The van der Waals surface area contributed by atoms with Crippen LogP contribution in [-0.4, -0.2) is 25.8 Å². The average Bonchev–Trinajstić information content (AvgIpc) is 3.10. The molecule has 130 valence electrons. The largest absolute Gasteiger partial charge is 0.454 e. The lowest BCUT2D eigenvalue weighted by Gasteiger charge is -2.15. The molecule has 0 unspecified atom stereocenters. The van der Waals surface area contributed by atoms with E-state index < -0.39 is 12.1 Å². The van der Waals surface area contributed by atoms with Gasteiger partial charge in [0.25, 0.3) is 5.91 Å². The normalized spacial score (nSPS) is 13.2. The van der Waals surface area contributed by atoms with Gasteiger partial charge in [0, 0.05) is 18.2 Å². The Kier molecular flexibility index (Phi) is 5.15. The maximum Gasteiger partial charge on any atom is 0.321 e. The molecule has 4 N–H and O–H groups in total. The van der Waals surface area contributed by atoms with Crippen LogP contribution in [0, 0.1) is 0 Å². The molecule has 1 heterocycles. The maximum atomic E-state index is 12.5. The van der Waals surface area contributed by atoms with Gasteiger partial charge < -0.3 is 20.1 Å². The lowest BCUT2D eigenvalue weighted by atomic mass is 10.1. The van der Waals surface area contributed by atoms with Gasteiger partial charge in [-0.05, 0) is 18.2 Å². The van der Waals surface area contributed by atoms with Crippen molar-refractivity contribution in [1.29, 1.82) is 0 Å². The third-order valence-electron chi connectivity index (χ3n) is 3.93. The van der Waals surface area contributed by atoms with Crippen LogP contribution in [-0.2, 0) is 11.3 Å². The third kappa shape index (κ3) is 4.07. The summed E-state index contributed by atoms with van der Waals surface area (Å²) in [4.78, 5) is 23.9.